The van der Waals surface area contributed by atoms with Gasteiger partial charge in [0, 0.05) is 16.8 Å². The molecule has 0 bridgehead atoms. The van der Waals surface area contributed by atoms with E-state index in [9.17, 15) is 5.11 Å². The zero-order valence-electron chi connectivity index (χ0n) is 8.73. The van der Waals surface area contributed by atoms with Crippen LogP contribution in [0.25, 0.3) is 10.1 Å². The van der Waals surface area contributed by atoms with Gasteiger partial charge in [0.1, 0.15) is 5.60 Å². The van der Waals surface area contributed by atoms with Gasteiger partial charge in [0.15, 0.2) is 0 Å². The molecule has 0 aliphatic carbocycles. The predicted octanol–water partition coefficient (Wildman–Crippen LogP) is 2.46. The van der Waals surface area contributed by atoms with E-state index < -0.39 is 5.60 Å². The summed E-state index contributed by atoms with van der Waals surface area (Å²) in [6, 6.07) is 8.06. The maximum Gasteiger partial charge on any atom is 0.103 e. The third-order valence-corrected chi connectivity index (χ3v) is 3.87. The normalized spacial score (nSPS) is 15.4. The molecule has 0 aliphatic heterocycles. The predicted molar refractivity (Wildman–Crippen MR) is 65.1 cm³/mol. The Balaban J connectivity index is 2.64. The van der Waals surface area contributed by atoms with Crippen molar-refractivity contribution in [2.45, 2.75) is 18.9 Å². The number of rotatable bonds is 3. The van der Waals surface area contributed by atoms with Gasteiger partial charge in [0.2, 0.25) is 0 Å². The summed E-state index contributed by atoms with van der Waals surface area (Å²) in [7, 11) is 0. The quantitative estimate of drug-likeness (QED) is 0.836. The van der Waals surface area contributed by atoms with E-state index >= 15 is 0 Å². The Bertz CT molecular complexity index is 459. The van der Waals surface area contributed by atoms with E-state index in [0.717, 1.165) is 10.3 Å². The van der Waals surface area contributed by atoms with Gasteiger partial charge in [0.25, 0.3) is 0 Å². The van der Waals surface area contributed by atoms with Crippen LogP contribution in [0.4, 0.5) is 0 Å². The highest BCUT2D eigenvalue weighted by molar-refractivity contribution is 7.17. The van der Waals surface area contributed by atoms with Gasteiger partial charge >= 0.3 is 0 Å². The Labute approximate surface area is 93.3 Å². The fraction of sp³-hybridized carbons (Fsp3) is 0.333. The van der Waals surface area contributed by atoms with E-state index in [1.165, 1.54) is 5.39 Å². The molecule has 1 aromatic heterocycles. The van der Waals surface area contributed by atoms with Crippen molar-refractivity contribution in [3.63, 3.8) is 0 Å². The monoisotopic (exact) mass is 221 g/mol. The zero-order chi connectivity index (χ0) is 10.9. The van der Waals surface area contributed by atoms with E-state index in [-0.39, 0.29) is 6.54 Å². The number of hydrogen-bond acceptors (Lipinski definition) is 3. The smallest absolute Gasteiger partial charge is 0.103 e. The minimum absolute atomic E-state index is 0.264. The summed E-state index contributed by atoms with van der Waals surface area (Å²) in [5, 5.41) is 13.6. The van der Waals surface area contributed by atoms with Crippen molar-refractivity contribution < 1.29 is 5.11 Å². The molecule has 0 saturated heterocycles. The summed E-state index contributed by atoms with van der Waals surface area (Å²) in [6.07, 6.45) is 0.639. The van der Waals surface area contributed by atoms with Crippen molar-refractivity contribution in [2.75, 3.05) is 6.54 Å². The second-order valence-corrected chi connectivity index (χ2v) is 4.65. The first kappa shape index (κ1) is 10.6. The maximum absolute atomic E-state index is 10.4. The average molecular weight is 221 g/mol. The molecule has 80 valence electrons. The third kappa shape index (κ3) is 1.67. The molecule has 3 N–H and O–H groups in total. The minimum Gasteiger partial charge on any atom is -0.384 e. The molecule has 1 unspecified atom stereocenters. The van der Waals surface area contributed by atoms with Crippen molar-refractivity contribution in [3.05, 3.63) is 35.2 Å². The number of fused-ring (bicyclic) bond motifs is 1. The van der Waals surface area contributed by atoms with Gasteiger partial charge in [-0.25, -0.2) is 0 Å². The van der Waals surface area contributed by atoms with E-state index in [1.807, 2.05) is 24.4 Å². The third-order valence-electron chi connectivity index (χ3n) is 2.90. The molecular formula is C12H15NOS. The van der Waals surface area contributed by atoms with Gasteiger partial charge in [-0.15, -0.1) is 11.3 Å². The molecule has 2 aromatic rings. The highest BCUT2D eigenvalue weighted by Crippen LogP contribution is 2.33. The van der Waals surface area contributed by atoms with Crippen molar-refractivity contribution >= 4 is 21.4 Å². The van der Waals surface area contributed by atoms with Crippen LogP contribution in [0, 0.1) is 0 Å². The van der Waals surface area contributed by atoms with Crippen LogP contribution in [0.5, 0.6) is 0 Å². The van der Waals surface area contributed by atoms with Gasteiger partial charge in [-0.3, -0.25) is 0 Å². The van der Waals surface area contributed by atoms with Crippen molar-refractivity contribution in [3.8, 4) is 0 Å². The Morgan fingerprint density at radius 3 is 2.87 bits per heavy atom. The lowest BCUT2D eigenvalue weighted by Gasteiger charge is -2.26. The lowest BCUT2D eigenvalue weighted by molar-refractivity contribution is 0.0435. The first-order valence-corrected chi connectivity index (χ1v) is 5.98. The number of thiophene rings is 1. The summed E-state index contributed by atoms with van der Waals surface area (Å²) in [5.41, 5.74) is 5.74. The molecule has 1 aromatic carbocycles. The van der Waals surface area contributed by atoms with Crippen molar-refractivity contribution in [2.24, 2.45) is 5.73 Å². The van der Waals surface area contributed by atoms with Crippen molar-refractivity contribution in [1.29, 1.82) is 0 Å². The van der Waals surface area contributed by atoms with Crippen molar-refractivity contribution in [1.82, 2.24) is 0 Å². The SMILES string of the molecule is CCC(O)(CN)c1cccc2ccsc12. The molecular weight excluding hydrogens is 206 g/mol. The molecule has 0 amide bonds. The molecule has 0 saturated carbocycles. The lowest BCUT2D eigenvalue weighted by Crippen LogP contribution is -2.34. The molecule has 0 radical (unpaired) electrons. The second-order valence-electron chi connectivity index (χ2n) is 3.73. The molecule has 2 rings (SSSR count). The zero-order valence-corrected chi connectivity index (χ0v) is 9.55. The van der Waals surface area contributed by atoms with E-state index in [1.54, 1.807) is 11.3 Å². The van der Waals surface area contributed by atoms with Crippen LogP contribution < -0.4 is 5.73 Å². The van der Waals surface area contributed by atoms with Gasteiger partial charge in [-0.05, 0) is 23.3 Å². The maximum atomic E-state index is 10.4. The van der Waals surface area contributed by atoms with Crippen LogP contribution in [-0.4, -0.2) is 11.7 Å². The topological polar surface area (TPSA) is 46.2 Å². The van der Waals surface area contributed by atoms with E-state index in [4.69, 9.17) is 5.73 Å². The molecule has 0 fully saturated rings. The molecule has 0 aliphatic rings. The highest BCUT2D eigenvalue weighted by Gasteiger charge is 2.27. The molecule has 3 heteroatoms. The number of aliphatic hydroxyl groups is 1. The largest absolute Gasteiger partial charge is 0.384 e. The number of hydrogen-bond donors (Lipinski definition) is 2. The average Bonchev–Trinajstić information content (AvgIpc) is 2.75. The second kappa shape index (κ2) is 3.93. The van der Waals surface area contributed by atoms with Crippen LogP contribution in [0.15, 0.2) is 29.6 Å². The van der Waals surface area contributed by atoms with Gasteiger partial charge in [-0.2, -0.15) is 0 Å². The van der Waals surface area contributed by atoms with Crippen LogP contribution in [0.2, 0.25) is 0 Å². The lowest BCUT2D eigenvalue weighted by atomic mass is 9.90. The van der Waals surface area contributed by atoms with Gasteiger partial charge in [-0.1, -0.05) is 25.1 Å². The minimum atomic E-state index is -0.885. The molecule has 1 atom stereocenters. The van der Waals surface area contributed by atoms with Gasteiger partial charge < -0.3 is 10.8 Å². The van der Waals surface area contributed by atoms with Crippen LogP contribution in [0.1, 0.15) is 18.9 Å². The first-order valence-electron chi connectivity index (χ1n) is 5.10. The summed E-state index contributed by atoms with van der Waals surface area (Å²) in [5.74, 6) is 0. The summed E-state index contributed by atoms with van der Waals surface area (Å²) in [6.45, 7) is 2.22. The Morgan fingerprint density at radius 1 is 1.40 bits per heavy atom. The first-order chi connectivity index (χ1) is 7.21. The fourth-order valence-electron chi connectivity index (χ4n) is 1.80. The van der Waals surface area contributed by atoms with Gasteiger partial charge in [0.05, 0.1) is 0 Å². The molecule has 0 spiro atoms. The molecule has 15 heavy (non-hydrogen) atoms. The number of nitrogens with two attached hydrogens (primary N) is 1. The highest BCUT2D eigenvalue weighted by atomic mass is 32.1. The van der Waals surface area contributed by atoms with E-state index in [0.29, 0.717) is 6.42 Å². The summed E-state index contributed by atoms with van der Waals surface area (Å²) < 4.78 is 1.15. The standard InChI is InChI=1S/C12H15NOS/c1-2-12(14,8-13)10-5-3-4-9-6-7-15-11(9)10/h3-7,14H,2,8,13H2,1H3. The summed E-state index contributed by atoms with van der Waals surface area (Å²) >= 11 is 1.66. The van der Waals surface area contributed by atoms with Crippen LogP contribution in [0.3, 0.4) is 0 Å². The fourth-order valence-corrected chi connectivity index (χ4v) is 2.81. The number of benzene rings is 1. The Hall–Kier alpha value is -0.900. The Kier molecular flexibility index (Phi) is 2.78. The molecule has 1 heterocycles. The van der Waals surface area contributed by atoms with E-state index in [2.05, 4.69) is 12.1 Å². The van der Waals surface area contributed by atoms with Crippen LogP contribution >= 0.6 is 11.3 Å². The molecule has 2 nitrogen and oxygen atoms in total. The Morgan fingerprint density at radius 2 is 2.20 bits per heavy atom. The van der Waals surface area contributed by atoms with Crippen LogP contribution in [-0.2, 0) is 5.60 Å². The summed E-state index contributed by atoms with van der Waals surface area (Å²) in [4.78, 5) is 0.